The summed E-state index contributed by atoms with van der Waals surface area (Å²) < 4.78 is 0. The van der Waals surface area contributed by atoms with Gasteiger partial charge in [0.05, 0.1) is 0 Å². The van der Waals surface area contributed by atoms with E-state index in [2.05, 4.69) is 10.5 Å². The first-order chi connectivity index (χ1) is 3.39. The monoisotopic (exact) mass is 96.1 g/mol. The molecule has 0 unspecified atom stereocenters. The average molecular weight is 96.1 g/mol. The van der Waals surface area contributed by atoms with Gasteiger partial charge in [-0.05, 0) is 6.92 Å². The molecule has 2 heteroatoms. The first-order valence-electron chi connectivity index (χ1n) is 2.33. The lowest BCUT2D eigenvalue weighted by molar-refractivity contribution is 0.931. The number of hydrogen-bond acceptors (Lipinski definition) is 2. The van der Waals surface area contributed by atoms with Gasteiger partial charge in [0.1, 0.15) is 0 Å². The zero-order valence-corrected chi connectivity index (χ0v) is 4.31. The van der Waals surface area contributed by atoms with Crippen LogP contribution >= 0.6 is 0 Å². The summed E-state index contributed by atoms with van der Waals surface area (Å²) in [6.07, 6.45) is 4.88. The highest BCUT2D eigenvalue weighted by Crippen LogP contribution is 1.90. The molecule has 0 radical (unpaired) electrons. The van der Waals surface area contributed by atoms with Crippen molar-refractivity contribution in [2.45, 2.75) is 13.3 Å². The predicted molar refractivity (Wildman–Crippen MR) is 30.0 cm³/mol. The number of hydrogen-bond donors (Lipinski definition) is 1. The van der Waals surface area contributed by atoms with E-state index in [0.29, 0.717) is 0 Å². The van der Waals surface area contributed by atoms with Crippen LogP contribution in [0.1, 0.15) is 13.3 Å². The fourth-order valence-electron chi connectivity index (χ4n) is 0.475. The molecule has 0 aromatic heterocycles. The molecule has 0 bridgehead atoms. The third kappa shape index (κ3) is 1.03. The zero-order chi connectivity index (χ0) is 5.11. The van der Waals surface area contributed by atoms with Crippen molar-refractivity contribution in [3.8, 4) is 0 Å². The van der Waals surface area contributed by atoms with E-state index in [0.717, 1.165) is 12.1 Å². The summed E-state index contributed by atoms with van der Waals surface area (Å²) in [5, 5.41) is 3.91. The summed E-state index contributed by atoms with van der Waals surface area (Å²) in [7, 11) is 0. The van der Waals surface area contributed by atoms with Gasteiger partial charge in [-0.1, -0.05) is 6.08 Å². The molecule has 1 heterocycles. The van der Waals surface area contributed by atoms with Crippen molar-refractivity contribution in [1.29, 1.82) is 0 Å². The van der Waals surface area contributed by atoms with Crippen molar-refractivity contribution >= 4 is 5.71 Å². The Bertz CT molecular complexity index is 113. The second-order valence-corrected chi connectivity index (χ2v) is 1.58. The van der Waals surface area contributed by atoms with Crippen LogP contribution in [-0.4, -0.2) is 5.71 Å². The van der Waals surface area contributed by atoms with Gasteiger partial charge in [0.15, 0.2) is 0 Å². The molecule has 1 aliphatic heterocycles. The first kappa shape index (κ1) is 4.37. The molecular formula is C5H8N2. The van der Waals surface area contributed by atoms with Crippen LogP contribution in [0.15, 0.2) is 17.4 Å². The Morgan fingerprint density at radius 3 is 3.00 bits per heavy atom. The van der Waals surface area contributed by atoms with Crippen molar-refractivity contribution in [3.05, 3.63) is 12.3 Å². The fourth-order valence-corrected chi connectivity index (χ4v) is 0.475. The van der Waals surface area contributed by atoms with Crippen molar-refractivity contribution in [1.82, 2.24) is 5.43 Å². The Labute approximate surface area is 42.9 Å². The number of rotatable bonds is 0. The Kier molecular flexibility index (Phi) is 1.11. The Hall–Kier alpha value is -0.790. The molecule has 0 fully saturated rings. The van der Waals surface area contributed by atoms with Crippen LogP contribution in [0.5, 0.6) is 0 Å². The topological polar surface area (TPSA) is 24.4 Å². The Morgan fingerprint density at radius 2 is 2.71 bits per heavy atom. The quantitative estimate of drug-likeness (QED) is 0.475. The van der Waals surface area contributed by atoms with E-state index in [9.17, 15) is 0 Å². The molecule has 0 aliphatic carbocycles. The van der Waals surface area contributed by atoms with E-state index in [4.69, 9.17) is 0 Å². The van der Waals surface area contributed by atoms with Gasteiger partial charge in [-0.25, -0.2) is 0 Å². The van der Waals surface area contributed by atoms with Crippen molar-refractivity contribution < 1.29 is 0 Å². The SMILES string of the molecule is CC1=NNC=CC1. The predicted octanol–water partition coefficient (Wildman–Crippen LogP) is 0.869. The minimum atomic E-state index is 0.993. The highest BCUT2D eigenvalue weighted by molar-refractivity contribution is 5.83. The lowest BCUT2D eigenvalue weighted by Gasteiger charge is -1.99. The van der Waals surface area contributed by atoms with Crippen LogP contribution in [0.4, 0.5) is 0 Å². The van der Waals surface area contributed by atoms with Gasteiger partial charge in [-0.2, -0.15) is 5.10 Å². The maximum Gasteiger partial charge on any atom is 0.0389 e. The summed E-state index contributed by atoms with van der Waals surface area (Å²) in [5.74, 6) is 0. The van der Waals surface area contributed by atoms with Crippen LogP contribution < -0.4 is 5.43 Å². The molecule has 0 atom stereocenters. The van der Waals surface area contributed by atoms with Gasteiger partial charge in [0, 0.05) is 18.3 Å². The molecule has 1 N–H and O–H groups in total. The molecule has 0 saturated carbocycles. The van der Waals surface area contributed by atoms with Gasteiger partial charge in [-0.3, -0.25) is 5.43 Å². The second kappa shape index (κ2) is 1.78. The molecule has 7 heavy (non-hydrogen) atoms. The highest BCUT2D eigenvalue weighted by Gasteiger charge is 1.88. The molecule has 0 amide bonds. The van der Waals surface area contributed by atoms with E-state index in [1.165, 1.54) is 0 Å². The van der Waals surface area contributed by atoms with E-state index in [1.807, 2.05) is 19.2 Å². The van der Waals surface area contributed by atoms with Gasteiger partial charge < -0.3 is 0 Å². The zero-order valence-electron chi connectivity index (χ0n) is 4.31. The molecule has 0 aromatic carbocycles. The number of nitrogens with one attached hydrogen (secondary N) is 1. The molecule has 1 rings (SSSR count). The summed E-state index contributed by atoms with van der Waals surface area (Å²) in [4.78, 5) is 0. The minimum absolute atomic E-state index is 0.993. The largest absolute Gasteiger partial charge is 0.286 e. The minimum Gasteiger partial charge on any atom is -0.286 e. The summed E-state index contributed by atoms with van der Waals surface area (Å²) in [5.41, 5.74) is 3.88. The summed E-state index contributed by atoms with van der Waals surface area (Å²) in [6.45, 7) is 2.00. The van der Waals surface area contributed by atoms with Crippen molar-refractivity contribution in [2.75, 3.05) is 0 Å². The van der Waals surface area contributed by atoms with E-state index in [1.54, 1.807) is 0 Å². The maximum absolute atomic E-state index is 3.91. The normalized spacial score (nSPS) is 18.1. The van der Waals surface area contributed by atoms with Gasteiger partial charge >= 0.3 is 0 Å². The van der Waals surface area contributed by atoms with Crippen LogP contribution in [0.3, 0.4) is 0 Å². The van der Waals surface area contributed by atoms with Crippen LogP contribution in [-0.2, 0) is 0 Å². The van der Waals surface area contributed by atoms with Crippen molar-refractivity contribution in [2.24, 2.45) is 5.10 Å². The Morgan fingerprint density at radius 1 is 1.86 bits per heavy atom. The van der Waals surface area contributed by atoms with E-state index >= 15 is 0 Å². The smallest absolute Gasteiger partial charge is 0.0389 e. The van der Waals surface area contributed by atoms with Gasteiger partial charge in [0.2, 0.25) is 0 Å². The molecule has 0 saturated heterocycles. The molecule has 0 aromatic rings. The third-order valence-corrected chi connectivity index (χ3v) is 0.861. The average Bonchev–Trinajstić information content (AvgIpc) is 1.69. The van der Waals surface area contributed by atoms with Crippen molar-refractivity contribution in [3.63, 3.8) is 0 Å². The number of hydrazone groups is 1. The van der Waals surface area contributed by atoms with Crippen LogP contribution in [0.2, 0.25) is 0 Å². The highest BCUT2D eigenvalue weighted by atomic mass is 15.3. The van der Waals surface area contributed by atoms with Gasteiger partial charge in [-0.15, -0.1) is 0 Å². The molecule has 0 spiro atoms. The standard InChI is InChI=1S/C5H8N2/c1-5-3-2-4-6-7-5/h2,4,6H,3H2,1H3. The number of allylic oxidation sites excluding steroid dienone is 1. The summed E-state index contributed by atoms with van der Waals surface area (Å²) in [6, 6.07) is 0. The molecular weight excluding hydrogens is 88.1 g/mol. The summed E-state index contributed by atoms with van der Waals surface area (Å²) >= 11 is 0. The number of nitrogens with zero attached hydrogens (tertiary/aromatic N) is 1. The lowest BCUT2D eigenvalue weighted by Crippen LogP contribution is -2.04. The molecule has 38 valence electrons. The van der Waals surface area contributed by atoms with E-state index < -0.39 is 0 Å². The third-order valence-electron chi connectivity index (χ3n) is 0.861. The molecule has 1 aliphatic rings. The maximum atomic E-state index is 3.91. The lowest BCUT2D eigenvalue weighted by atomic mass is 10.3. The van der Waals surface area contributed by atoms with Gasteiger partial charge in [0.25, 0.3) is 0 Å². The second-order valence-electron chi connectivity index (χ2n) is 1.58. The van der Waals surface area contributed by atoms with Crippen LogP contribution in [0.25, 0.3) is 0 Å². The molecule has 2 nitrogen and oxygen atoms in total. The van der Waals surface area contributed by atoms with E-state index in [-0.39, 0.29) is 0 Å². The van der Waals surface area contributed by atoms with Crippen LogP contribution in [0, 0.1) is 0 Å². The first-order valence-corrected chi connectivity index (χ1v) is 2.33. The fraction of sp³-hybridized carbons (Fsp3) is 0.400. The Balaban J connectivity index is 2.50.